The molecule has 1 heterocycles. The van der Waals surface area contributed by atoms with E-state index in [0.29, 0.717) is 21.7 Å². The molecule has 1 aliphatic heterocycles. The fraction of sp³-hybridized carbons (Fsp3) is 0.300. The lowest BCUT2D eigenvalue weighted by Gasteiger charge is -2.38. The lowest BCUT2D eigenvalue weighted by atomic mass is 9.74. The van der Waals surface area contributed by atoms with Crippen molar-refractivity contribution in [1.29, 1.82) is 0 Å². The van der Waals surface area contributed by atoms with E-state index in [4.69, 9.17) is 23.2 Å². The van der Waals surface area contributed by atoms with Crippen LogP contribution in [0.15, 0.2) is 36.4 Å². The Balaban J connectivity index is 1.90. The molecule has 26 heavy (non-hydrogen) atoms. The third kappa shape index (κ3) is 2.60. The number of nitrogens with zero attached hydrogens (tertiary/aromatic N) is 1. The molecule has 0 bridgehead atoms. The van der Waals surface area contributed by atoms with Crippen LogP contribution in [0.2, 0.25) is 10.0 Å². The fourth-order valence-electron chi connectivity index (χ4n) is 4.26. The smallest absolute Gasteiger partial charge is 0.292 e. The summed E-state index contributed by atoms with van der Waals surface area (Å²) < 4.78 is 0. The van der Waals surface area contributed by atoms with E-state index in [0.717, 1.165) is 28.7 Å². The van der Waals surface area contributed by atoms with Gasteiger partial charge in [-0.2, -0.15) is 0 Å². The van der Waals surface area contributed by atoms with Gasteiger partial charge < -0.3 is 5.32 Å². The molecule has 4 nitrogen and oxygen atoms in total. The maximum absolute atomic E-state index is 11.7. The van der Waals surface area contributed by atoms with E-state index in [2.05, 4.69) is 17.5 Å². The van der Waals surface area contributed by atoms with E-state index < -0.39 is 0 Å². The number of hydrogen-bond donors (Lipinski definition) is 1. The van der Waals surface area contributed by atoms with Crippen LogP contribution in [-0.2, 0) is 0 Å². The molecule has 0 aromatic heterocycles. The average Bonchev–Trinajstić information content (AvgIpc) is 3.08. The summed E-state index contributed by atoms with van der Waals surface area (Å²) in [6.07, 6.45) is 5.28. The highest BCUT2D eigenvalue weighted by molar-refractivity contribution is 6.42. The number of hydrogen-bond acceptors (Lipinski definition) is 3. The molecule has 0 radical (unpaired) electrons. The fourth-order valence-corrected chi connectivity index (χ4v) is 4.57. The molecule has 6 heteroatoms. The van der Waals surface area contributed by atoms with E-state index in [1.807, 2.05) is 26.0 Å². The molecule has 0 spiro atoms. The summed E-state index contributed by atoms with van der Waals surface area (Å²) in [6, 6.07) is 7.18. The van der Waals surface area contributed by atoms with Gasteiger partial charge >= 0.3 is 0 Å². The van der Waals surface area contributed by atoms with Gasteiger partial charge in [0.1, 0.15) is 5.69 Å². The zero-order chi connectivity index (χ0) is 18.6. The molecule has 2 aliphatic rings. The number of fused-ring (bicyclic) bond motifs is 3. The molecule has 0 amide bonds. The van der Waals surface area contributed by atoms with Gasteiger partial charge in [-0.3, -0.25) is 10.1 Å². The zero-order valence-electron chi connectivity index (χ0n) is 14.4. The van der Waals surface area contributed by atoms with Crippen LogP contribution in [0, 0.1) is 29.9 Å². The zero-order valence-corrected chi connectivity index (χ0v) is 15.9. The number of anilines is 1. The van der Waals surface area contributed by atoms with Gasteiger partial charge in [0.25, 0.3) is 5.69 Å². The first kappa shape index (κ1) is 17.4. The van der Waals surface area contributed by atoms with Crippen LogP contribution in [0.5, 0.6) is 0 Å². The van der Waals surface area contributed by atoms with E-state index in [1.165, 1.54) is 0 Å². The number of nitro groups is 1. The molecule has 0 saturated carbocycles. The van der Waals surface area contributed by atoms with E-state index in [1.54, 1.807) is 12.1 Å². The van der Waals surface area contributed by atoms with Crippen molar-refractivity contribution in [3.8, 4) is 0 Å². The lowest BCUT2D eigenvalue weighted by Crippen LogP contribution is -2.30. The van der Waals surface area contributed by atoms with Gasteiger partial charge in [-0.15, -0.1) is 0 Å². The Morgan fingerprint density at radius 2 is 1.96 bits per heavy atom. The van der Waals surface area contributed by atoms with Crippen molar-refractivity contribution in [1.82, 2.24) is 0 Å². The number of nitrogens with one attached hydrogen (secondary N) is 1. The monoisotopic (exact) mass is 388 g/mol. The van der Waals surface area contributed by atoms with Crippen LogP contribution in [0.1, 0.15) is 40.6 Å². The van der Waals surface area contributed by atoms with Gasteiger partial charge in [-0.25, -0.2) is 0 Å². The maximum Gasteiger partial charge on any atom is 0.292 e. The molecule has 2 aromatic rings. The third-order valence-electron chi connectivity index (χ3n) is 5.65. The largest absolute Gasteiger partial charge is 0.372 e. The number of benzene rings is 2. The Kier molecular flexibility index (Phi) is 4.20. The standard InChI is InChI=1S/C20H18Cl2N2O2/c1-10-8-17(24(25)26)20-18(11(10)2)13-4-3-5-14(13)19(23-20)12-6-7-15(21)16(22)9-12/h3-4,6-9,13-14,19,23H,5H2,1-2H3/t13-,14+,19?/m1/s1. The van der Waals surface area contributed by atoms with Crippen LogP contribution in [0.3, 0.4) is 0 Å². The molecule has 1 N–H and O–H groups in total. The molecule has 2 aromatic carbocycles. The van der Waals surface area contributed by atoms with E-state index >= 15 is 0 Å². The first-order chi connectivity index (χ1) is 12.4. The Bertz CT molecular complexity index is 955. The quantitative estimate of drug-likeness (QED) is 0.370. The molecule has 1 aliphatic carbocycles. The maximum atomic E-state index is 11.7. The molecule has 0 saturated heterocycles. The van der Waals surface area contributed by atoms with Gasteiger partial charge in [0.05, 0.1) is 21.0 Å². The molecule has 0 fully saturated rings. The van der Waals surface area contributed by atoms with Gasteiger partial charge in [0, 0.05) is 12.0 Å². The number of halogens is 2. The normalized spacial score (nSPS) is 23.3. The van der Waals surface area contributed by atoms with Crippen molar-refractivity contribution in [3.05, 3.63) is 78.8 Å². The summed E-state index contributed by atoms with van der Waals surface area (Å²) >= 11 is 12.3. The Morgan fingerprint density at radius 1 is 1.19 bits per heavy atom. The van der Waals surface area contributed by atoms with Gasteiger partial charge in [0.15, 0.2) is 0 Å². The highest BCUT2D eigenvalue weighted by Crippen LogP contribution is 2.53. The Labute approximate surface area is 162 Å². The first-order valence-electron chi connectivity index (χ1n) is 8.55. The second-order valence-corrected chi connectivity index (χ2v) is 7.85. The summed E-state index contributed by atoms with van der Waals surface area (Å²) in [5.41, 5.74) is 4.87. The SMILES string of the molecule is Cc1cc([N+](=O)[O-])c2c(c1C)[C@@H]1C=CC[C@@H]1C(c1ccc(Cl)c(Cl)c1)N2. The second kappa shape index (κ2) is 6.29. The molecular formula is C20H18Cl2N2O2. The number of nitro benzene ring substituents is 1. The number of allylic oxidation sites excluding steroid dienone is 2. The number of aryl methyl sites for hydroxylation is 1. The van der Waals surface area contributed by atoms with Gasteiger partial charge in [0.2, 0.25) is 0 Å². The minimum absolute atomic E-state index is 0.0573. The molecule has 4 rings (SSSR count). The summed E-state index contributed by atoms with van der Waals surface area (Å²) in [4.78, 5) is 11.4. The van der Waals surface area contributed by atoms with Crippen LogP contribution in [-0.4, -0.2) is 4.92 Å². The van der Waals surface area contributed by atoms with Crippen molar-refractivity contribution < 1.29 is 4.92 Å². The summed E-state index contributed by atoms with van der Waals surface area (Å²) in [5, 5.41) is 16.1. The van der Waals surface area contributed by atoms with Crippen molar-refractivity contribution >= 4 is 34.6 Å². The predicted octanol–water partition coefficient (Wildman–Crippen LogP) is 6.34. The minimum atomic E-state index is -0.302. The van der Waals surface area contributed by atoms with Crippen LogP contribution in [0.4, 0.5) is 11.4 Å². The van der Waals surface area contributed by atoms with Gasteiger partial charge in [-0.05, 0) is 60.6 Å². The van der Waals surface area contributed by atoms with E-state index in [9.17, 15) is 10.1 Å². The van der Waals surface area contributed by atoms with Crippen LogP contribution >= 0.6 is 23.2 Å². The van der Waals surface area contributed by atoms with Crippen molar-refractivity contribution in [2.75, 3.05) is 5.32 Å². The first-order valence-corrected chi connectivity index (χ1v) is 9.30. The Morgan fingerprint density at radius 3 is 2.65 bits per heavy atom. The molecule has 134 valence electrons. The van der Waals surface area contributed by atoms with Crippen molar-refractivity contribution in [3.63, 3.8) is 0 Å². The topological polar surface area (TPSA) is 55.2 Å². The van der Waals surface area contributed by atoms with Crippen molar-refractivity contribution in [2.45, 2.75) is 32.2 Å². The van der Waals surface area contributed by atoms with E-state index in [-0.39, 0.29) is 22.6 Å². The summed E-state index contributed by atoms with van der Waals surface area (Å²) in [6.45, 7) is 3.98. The van der Waals surface area contributed by atoms with Crippen LogP contribution in [0.25, 0.3) is 0 Å². The lowest BCUT2D eigenvalue weighted by molar-refractivity contribution is -0.384. The Hall–Kier alpha value is -2.04. The highest BCUT2D eigenvalue weighted by Gasteiger charge is 2.41. The molecular weight excluding hydrogens is 371 g/mol. The van der Waals surface area contributed by atoms with Crippen LogP contribution < -0.4 is 5.32 Å². The molecule has 3 atom stereocenters. The summed E-state index contributed by atoms with van der Waals surface area (Å²) in [7, 11) is 0. The summed E-state index contributed by atoms with van der Waals surface area (Å²) in [5.74, 6) is 0.448. The number of rotatable bonds is 2. The minimum Gasteiger partial charge on any atom is -0.372 e. The third-order valence-corrected chi connectivity index (χ3v) is 6.39. The highest BCUT2D eigenvalue weighted by atomic mass is 35.5. The van der Waals surface area contributed by atoms with Gasteiger partial charge in [-0.1, -0.05) is 41.4 Å². The molecule has 1 unspecified atom stereocenters. The van der Waals surface area contributed by atoms with Crippen molar-refractivity contribution in [2.24, 2.45) is 5.92 Å². The predicted molar refractivity (Wildman–Crippen MR) is 105 cm³/mol. The second-order valence-electron chi connectivity index (χ2n) is 7.03. The average molecular weight is 389 g/mol.